The molecule has 1 unspecified atom stereocenters. The van der Waals surface area contributed by atoms with Crippen LogP contribution in [0.15, 0.2) is 6.07 Å². The second kappa shape index (κ2) is 6.51. The molecule has 0 bridgehead atoms. The van der Waals surface area contributed by atoms with Gasteiger partial charge in [0.25, 0.3) is 5.91 Å². The first-order valence-electron chi connectivity index (χ1n) is 5.74. The molecule has 0 saturated carbocycles. The van der Waals surface area contributed by atoms with Crippen molar-refractivity contribution in [3.8, 4) is 0 Å². The summed E-state index contributed by atoms with van der Waals surface area (Å²) >= 11 is 1.42. The predicted molar refractivity (Wildman–Crippen MR) is 69.0 cm³/mol. The topological polar surface area (TPSA) is 86.6 Å². The van der Waals surface area contributed by atoms with Crippen LogP contribution in [0.3, 0.4) is 0 Å². The normalized spacial score (nSPS) is 12.2. The van der Waals surface area contributed by atoms with Crippen LogP contribution in [0.25, 0.3) is 0 Å². The molecule has 0 radical (unpaired) electrons. The van der Waals surface area contributed by atoms with Crippen molar-refractivity contribution in [2.75, 3.05) is 6.54 Å². The van der Waals surface area contributed by atoms with Gasteiger partial charge in [0.1, 0.15) is 0 Å². The smallest absolute Gasteiger partial charge is 0.332 e. The minimum Gasteiger partial charge on any atom is -0.479 e. The number of hydrogen-bond acceptors (Lipinski definition) is 4. The Kier molecular flexibility index (Phi) is 5.30. The van der Waals surface area contributed by atoms with Gasteiger partial charge in [-0.2, -0.15) is 0 Å². The zero-order valence-corrected chi connectivity index (χ0v) is 11.2. The second-order valence-electron chi connectivity index (χ2n) is 3.94. The molecular formula is C12H17NO4S. The number of aliphatic carboxylic acids is 1. The third-order valence-electron chi connectivity index (χ3n) is 2.61. The Morgan fingerprint density at radius 3 is 2.67 bits per heavy atom. The average Bonchev–Trinajstić information content (AvgIpc) is 2.70. The number of nitrogens with one attached hydrogen (secondary N) is 1. The maximum Gasteiger partial charge on any atom is 0.332 e. The van der Waals surface area contributed by atoms with Crippen molar-refractivity contribution in [3.63, 3.8) is 0 Å². The van der Waals surface area contributed by atoms with Gasteiger partial charge in [-0.05, 0) is 25.0 Å². The van der Waals surface area contributed by atoms with E-state index in [1.807, 2.05) is 19.9 Å². The van der Waals surface area contributed by atoms with Crippen LogP contribution in [-0.4, -0.2) is 34.7 Å². The standard InChI is InChI=1S/C12H17NO4S/c1-3-8-6-10(18-7(8)2)11(15)13-5-4-9(14)12(16)17/h6,9,14H,3-5H2,1-2H3,(H,13,15)(H,16,17). The molecule has 0 aromatic carbocycles. The Bertz CT molecular complexity index is 441. The first-order valence-corrected chi connectivity index (χ1v) is 6.55. The Morgan fingerprint density at radius 2 is 2.17 bits per heavy atom. The molecule has 0 saturated heterocycles. The Balaban J connectivity index is 2.48. The van der Waals surface area contributed by atoms with Gasteiger partial charge in [0.05, 0.1) is 4.88 Å². The van der Waals surface area contributed by atoms with Gasteiger partial charge in [-0.1, -0.05) is 6.92 Å². The lowest BCUT2D eigenvalue weighted by Crippen LogP contribution is -2.29. The fourth-order valence-electron chi connectivity index (χ4n) is 1.52. The number of carboxylic acid groups (broad SMARTS) is 1. The quantitative estimate of drug-likeness (QED) is 0.725. The van der Waals surface area contributed by atoms with Crippen LogP contribution in [0.1, 0.15) is 33.5 Å². The minimum atomic E-state index is -1.43. The minimum absolute atomic E-state index is 0.00602. The van der Waals surface area contributed by atoms with E-state index in [-0.39, 0.29) is 18.9 Å². The van der Waals surface area contributed by atoms with Crippen LogP contribution in [0.4, 0.5) is 0 Å². The number of aliphatic hydroxyl groups is 1. The molecule has 1 aromatic heterocycles. The Labute approximate surface area is 109 Å². The summed E-state index contributed by atoms with van der Waals surface area (Å²) in [4.78, 5) is 23.9. The molecule has 0 fully saturated rings. The monoisotopic (exact) mass is 271 g/mol. The Morgan fingerprint density at radius 1 is 1.50 bits per heavy atom. The third-order valence-corrected chi connectivity index (χ3v) is 3.71. The van der Waals surface area contributed by atoms with Crippen LogP contribution in [-0.2, 0) is 11.2 Å². The summed E-state index contributed by atoms with van der Waals surface area (Å²) in [5.74, 6) is -1.50. The van der Waals surface area contributed by atoms with Gasteiger partial charge in [0, 0.05) is 17.8 Å². The number of rotatable bonds is 6. The zero-order valence-electron chi connectivity index (χ0n) is 10.4. The summed E-state index contributed by atoms with van der Waals surface area (Å²) in [6.07, 6.45) is -0.541. The van der Waals surface area contributed by atoms with Gasteiger partial charge in [0.15, 0.2) is 6.10 Å². The molecule has 0 aliphatic rings. The highest BCUT2D eigenvalue weighted by molar-refractivity contribution is 7.14. The van der Waals surface area contributed by atoms with E-state index < -0.39 is 12.1 Å². The largest absolute Gasteiger partial charge is 0.479 e. The second-order valence-corrected chi connectivity index (χ2v) is 5.20. The number of thiophene rings is 1. The molecule has 1 aromatic rings. The van der Waals surface area contributed by atoms with Gasteiger partial charge in [-0.15, -0.1) is 11.3 Å². The lowest BCUT2D eigenvalue weighted by Gasteiger charge is -2.06. The maximum atomic E-state index is 11.7. The van der Waals surface area contributed by atoms with E-state index in [1.165, 1.54) is 11.3 Å². The van der Waals surface area contributed by atoms with E-state index in [0.29, 0.717) is 4.88 Å². The number of carbonyl (C=O) groups is 2. The number of carbonyl (C=O) groups excluding carboxylic acids is 1. The summed E-state index contributed by atoms with van der Waals surface area (Å²) in [5.41, 5.74) is 1.15. The SMILES string of the molecule is CCc1cc(C(=O)NCCC(O)C(=O)O)sc1C. The fourth-order valence-corrected chi connectivity index (χ4v) is 2.55. The van der Waals surface area contributed by atoms with E-state index in [9.17, 15) is 9.59 Å². The average molecular weight is 271 g/mol. The van der Waals surface area contributed by atoms with E-state index in [1.54, 1.807) is 0 Å². The molecule has 3 N–H and O–H groups in total. The van der Waals surface area contributed by atoms with Gasteiger partial charge in [0.2, 0.25) is 0 Å². The van der Waals surface area contributed by atoms with Crippen molar-refractivity contribution in [1.82, 2.24) is 5.32 Å². The van der Waals surface area contributed by atoms with Crippen molar-refractivity contribution < 1.29 is 19.8 Å². The van der Waals surface area contributed by atoms with E-state index in [2.05, 4.69) is 5.32 Å². The molecule has 1 heterocycles. The van der Waals surface area contributed by atoms with Crippen LogP contribution < -0.4 is 5.32 Å². The highest BCUT2D eigenvalue weighted by atomic mass is 32.1. The number of hydrogen-bond donors (Lipinski definition) is 3. The third kappa shape index (κ3) is 3.82. The lowest BCUT2D eigenvalue weighted by molar-refractivity contribution is -0.146. The molecule has 1 atom stereocenters. The molecule has 0 aliphatic carbocycles. The highest BCUT2D eigenvalue weighted by Gasteiger charge is 2.15. The first kappa shape index (κ1) is 14.7. The highest BCUT2D eigenvalue weighted by Crippen LogP contribution is 2.21. The van der Waals surface area contributed by atoms with Crippen LogP contribution in [0.2, 0.25) is 0 Å². The molecule has 0 spiro atoms. The summed E-state index contributed by atoms with van der Waals surface area (Å²) in [5, 5.41) is 20.1. The number of aliphatic hydroxyl groups excluding tert-OH is 1. The van der Waals surface area contributed by atoms with Crippen LogP contribution in [0.5, 0.6) is 0 Å². The summed E-state index contributed by atoms with van der Waals surface area (Å²) in [7, 11) is 0. The molecule has 6 heteroatoms. The van der Waals surface area contributed by atoms with Crippen molar-refractivity contribution >= 4 is 23.2 Å². The van der Waals surface area contributed by atoms with Crippen molar-refractivity contribution in [2.24, 2.45) is 0 Å². The zero-order chi connectivity index (χ0) is 13.7. The van der Waals surface area contributed by atoms with Gasteiger partial charge in [-0.3, -0.25) is 4.79 Å². The van der Waals surface area contributed by atoms with E-state index in [0.717, 1.165) is 16.9 Å². The van der Waals surface area contributed by atoms with Crippen LogP contribution in [0, 0.1) is 6.92 Å². The fraction of sp³-hybridized carbons (Fsp3) is 0.500. The molecule has 100 valence electrons. The van der Waals surface area contributed by atoms with Gasteiger partial charge >= 0.3 is 5.97 Å². The number of amides is 1. The summed E-state index contributed by atoms with van der Waals surface area (Å²) in [6.45, 7) is 4.14. The van der Waals surface area contributed by atoms with E-state index >= 15 is 0 Å². The molecule has 1 amide bonds. The van der Waals surface area contributed by atoms with Gasteiger partial charge < -0.3 is 15.5 Å². The summed E-state index contributed by atoms with van der Waals surface area (Å²) in [6, 6.07) is 1.85. The maximum absolute atomic E-state index is 11.7. The molecular weight excluding hydrogens is 254 g/mol. The molecule has 18 heavy (non-hydrogen) atoms. The summed E-state index contributed by atoms with van der Waals surface area (Å²) < 4.78 is 0. The van der Waals surface area contributed by atoms with Crippen molar-refractivity contribution in [1.29, 1.82) is 0 Å². The van der Waals surface area contributed by atoms with Crippen molar-refractivity contribution in [2.45, 2.75) is 32.8 Å². The number of aryl methyl sites for hydroxylation is 2. The predicted octanol–water partition coefficient (Wildman–Crippen LogP) is 1.18. The molecule has 0 aliphatic heterocycles. The van der Waals surface area contributed by atoms with Gasteiger partial charge in [-0.25, -0.2) is 4.79 Å². The van der Waals surface area contributed by atoms with E-state index in [4.69, 9.17) is 10.2 Å². The lowest BCUT2D eigenvalue weighted by atomic mass is 10.2. The van der Waals surface area contributed by atoms with Crippen LogP contribution >= 0.6 is 11.3 Å². The Hall–Kier alpha value is -1.40. The number of carboxylic acids is 1. The van der Waals surface area contributed by atoms with Crippen molar-refractivity contribution in [3.05, 3.63) is 21.4 Å². The molecule has 5 nitrogen and oxygen atoms in total. The molecule has 1 rings (SSSR count). The first-order chi connectivity index (χ1) is 8.45.